The number of hydrogen-bond donors (Lipinski definition) is 3. The Hall–Kier alpha value is -15.4. The summed E-state index contributed by atoms with van der Waals surface area (Å²) < 4.78 is 88.7. The van der Waals surface area contributed by atoms with E-state index in [0.717, 1.165) is 158 Å². The van der Waals surface area contributed by atoms with Crippen molar-refractivity contribution >= 4 is 109 Å². The number of aliphatic carboxylic acids is 1. The number of carbonyl (C=O) groups is 5. The van der Waals surface area contributed by atoms with Gasteiger partial charge in [0.1, 0.15) is 67.9 Å². The predicted molar refractivity (Wildman–Crippen MR) is 493 cm³/mol. The lowest BCUT2D eigenvalue weighted by molar-refractivity contribution is -0.138. The van der Waals surface area contributed by atoms with Gasteiger partial charge >= 0.3 is 5.97 Å². The summed E-state index contributed by atoms with van der Waals surface area (Å²) in [5.41, 5.74) is 21.0. The molecule has 133 heavy (non-hydrogen) atoms. The highest BCUT2D eigenvalue weighted by Gasteiger charge is 2.33. The highest BCUT2D eigenvalue weighted by molar-refractivity contribution is 14.1. The molecule has 0 atom stereocenters. The van der Waals surface area contributed by atoms with Crippen LogP contribution >= 0.6 is 45.2 Å². The average Bonchev–Trinajstić information content (AvgIpc) is 1.65. The molecule has 0 aliphatic carbocycles. The number of fused-ring (bicyclic) bond motifs is 5. The zero-order valence-corrected chi connectivity index (χ0v) is 75.1. The van der Waals surface area contributed by atoms with Crippen molar-refractivity contribution < 1.29 is 55.6 Å². The molecule has 11 aromatic heterocycles. The molecule has 0 spiro atoms. The molecule has 16 heterocycles. The van der Waals surface area contributed by atoms with Gasteiger partial charge in [-0.25, -0.2) is 45.4 Å². The van der Waals surface area contributed by atoms with Crippen molar-refractivity contribution in [3.63, 3.8) is 0 Å². The lowest BCUT2D eigenvalue weighted by Crippen LogP contribution is -2.37. The van der Waals surface area contributed by atoms with Crippen LogP contribution in [0.25, 0.3) is 45.5 Å². The van der Waals surface area contributed by atoms with E-state index >= 15 is 0 Å². The van der Waals surface area contributed by atoms with Crippen molar-refractivity contribution in [2.75, 3.05) is 57.6 Å². The van der Waals surface area contributed by atoms with E-state index in [1.54, 1.807) is 187 Å². The van der Waals surface area contributed by atoms with E-state index in [2.05, 4.69) is 118 Å². The fourth-order valence-electron chi connectivity index (χ4n) is 15.6. The first-order valence-electron chi connectivity index (χ1n) is 41.9. The van der Waals surface area contributed by atoms with Crippen LogP contribution in [0, 0.1) is 47.6 Å². The molecule has 0 radical (unpaired) electrons. The molecule has 0 bridgehead atoms. The summed E-state index contributed by atoms with van der Waals surface area (Å²) >= 11 is 4.24. The molecular weight excluding hydrogens is 1950 g/mol. The molecule has 4 amide bonds. The molecule has 4 N–H and O–H groups in total. The lowest BCUT2D eigenvalue weighted by Gasteiger charge is -2.27. The fourth-order valence-corrected chi connectivity index (χ4v) is 16.5. The molecule has 0 saturated heterocycles. The van der Waals surface area contributed by atoms with Crippen molar-refractivity contribution in [3.8, 4) is 45.9 Å². The second kappa shape index (κ2) is 41.6. The third-order valence-electron chi connectivity index (χ3n) is 21.8. The third-order valence-corrected chi connectivity index (χ3v) is 22.9. The minimum atomic E-state index is -0.875. The first kappa shape index (κ1) is 91.0. The Balaban J connectivity index is 0.000000119. The van der Waals surface area contributed by atoms with Gasteiger partial charge in [-0.1, -0.05) is 11.7 Å². The van der Waals surface area contributed by atoms with Gasteiger partial charge in [0.2, 0.25) is 35.8 Å². The van der Waals surface area contributed by atoms with Crippen LogP contribution in [0.15, 0.2) is 232 Å². The van der Waals surface area contributed by atoms with Gasteiger partial charge in [0.05, 0.1) is 166 Å². The molecular formula is C90H82F5I2N29O7. The zero-order valence-electron chi connectivity index (χ0n) is 70.8. The second-order valence-corrected chi connectivity index (χ2v) is 33.2. The second-order valence-electron chi connectivity index (χ2n) is 30.8. The number of nitrogens with zero attached hydrogens (tertiary/aromatic N) is 27. The van der Waals surface area contributed by atoms with Gasteiger partial charge in [-0.2, -0.15) is 61.2 Å². The number of rotatable bonds is 17. The number of carbonyl (C=O) groups excluding carboxylic acids is 4. The highest BCUT2D eigenvalue weighted by atomic mass is 127. The topological polar surface area (TPSA) is 397 Å². The standard InChI is InChI=1S/C19H16FN7O2.C19H19FN6O.C18H15FN6O.C17H15FIN5O.C12H12FN3.C5H5IN2O2/c20-14-3-5-15(6-4-14)27-16-2-1-7-26(17(16)9-23-27)18(28)11-25-10-13(8-22-25)19-21-12-29-24-19;1-13(21)14-9-22-24(11-14)12-19(27)25-8-2-3-17-18(25)10-23-26(17)16-6-4-15(20)5-7-16;19-14-3-5-15(6-4-14)25-16-2-1-7-24(17(16)10-22-25)18(26)12-23-11-13(8-20)9-21-23;18-12-3-5-14(6-4-12)24-15-2-1-7-23(16(15)9-21-24)17(25)11-22-10-13(19)8-20-22;13-9-3-5-10(6-4-9)16-12-2-1-7-14-11(12)8-15-16;6-4-1-7-8(2-4)3-5(9)10/h3-6,8-10,12H,1-2,7,11H2;4-7,9-11H,1-3,8,12,21H2;3-6,9-11H,1-2,7,12H2;3-6,8-10H,1-2,7,11H2;3-6,8,14H,1-2,7H2;1-2H,3H2,(H,9,10). The van der Waals surface area contributed by atoms with Crippen LogP contribution in [0.3, 0.4) is 0 Å². The maximum Gasteiger partial charge on any atom is 0.325 e. The molecule has 16 aromatic rings. The van der Waals surface area contributed by atoms with Crippen molar-refractivity contribution in [1.82, 2.24) is 108 Å². The summed E-state index contributed by atoms with van der Waals surface area (Å²) in [5, 5.41) is 66.6. The van der Waals surface area contributed by atoms with Crippen LogP contribution in [-0.4, -0.2) is 175 Å². The Bertz CT molecular complexity index is 6840. The molecule has 43 heteroatoms. The number of hydrogen-bond acceptors (Lipinski definition) is 21. The number of nitrogens with two attached hydrogens (primary N) is 1. The van der Waals surface area contributed by atoms with Crippen LogP contribution in [-0.2, 0) is 88.8 Å². The Labute approximate surface area is 781 Å². The summed E-state index contributed by atoms with van der Waals surface area (Å²) in [6.07, 6.45) is 34.9. The average molecular weight is 2030 g/mol. The smallest absolute Gasteiger partial charge is 0.325 e. The van der Waals surface area contributed by atoms with Crippen LogP contribution in [0.2, 0.25) is 0 Å². The van der Waals surface area contributed by atoms with Gasteiger partial charge in [0.15, 0.2) is 0 Å². The van der Waals surface area contributed by atoms with Crippen LogP contribution in [0.5, 0.6) is 0 Å². The molecule has 0 unspecified atom stereocenters. The summed E-state index contributed by atoms with van der Waals surface area (Å²) in [7, 11) is 0. The number of benzene rings is 5. The number of nitrogens with one attached hydrogen (secondary N) is 1. The monoisotopic (exact) mass is 2030 g/mol. The normalized spacial score (nSPS) is 13.3. The van der Waals surface area contributed by atoms with Crippen LogP contribution in [0.4, 0.5) is 50.4 Å². The molecule has 36 nitrogen and oxygen atoms in total. The number of nitriles is 1. The van der Waals surface area contributed by atoms with E-state index in [9.17, 15) is 45.9 Å². The first-order chi connectivity index (χ1) is 64.5. The highest BCUT2D eigenvalue weighted by Crippen LogP contribution is 2.35. The Morgan fingerprint density at radius 3 is 1.08 bits per heavy atom. The van der Waals surface area contributed by atoms with Crippen molar-refractivity contribution in [3.05, 3.63) is 303 Å². The number of carboxylic acid groups (broad SMARTS) is 1. The summed E-state index contributed by atoms with van der Waals surface area (Å²) in [4.78, 5) is 72.2. The lowest BCUT2D eigenvalue weighted by atomic mass is 10.1. The number of carboxylic acids is 1. The van der Waals surface area contributed by atoms with E-state index in [1.165, 1.54) is 88.3 Å². The number of anilines is 5. The largest absolute Gasteiger partial charge is 0.480 e. The Morgan fingerprint density at radius 2 is 0.744 bits per heavy atom. The van der Waals surface area contributed by atoms with Crippen molar-refractivity contribution in [2.45, 2.75) is 96.9 Å². The van der Waals surface area contributed by atoms with E-state index in [-0.39, 0.29) is 85.4 Å². The summed E-state index contributed by atoms with van der Waals surface area (Å²) in [6, 6.07) is 33.0. The quantitative estimate of drug-likeness (QED) is 0.0563. The molecule has 5 aliphatic rings. The van der Waals surface area contributed by atoms with E-state index < -0.39 is 5.97 Å². The van der Waals surface area contributed by atoms with E-state index in [0.29, 0.717) is 54.4 Å². The van der Waals surface area contributed by atoms with Gasteiger partial charge in [-0.05, 0) is 231 Å². The summed E-state index contributed by atoms with van der Waals surface area (Å²) in [6.45, 7) is 7.55. The first-order valence-corrected chi connectivity index (χ1v) is 44.0. The number of aromatic nitrogens is 22. The summed E-state index contributed by atoms with van der Waals surface area (Å²) in [5.74, 6) is -2.15. The van der Waals surface area contributed by atoms with E-state index in [4.69, 9.17) is 20.6 Å². The van der Waals surface area contributed by atoms with E-state index in [1.807, 2.05) is 23.1 Å². The third kappa shape index (κ3) is 21.9. The number of amides is 4. The molecule has 5 aromatic carbocycles. The minimum absolute atomic E-state index is 0.0147. The van der Waals surface area contributed by atoms with Crippen LogP contribution < -0.4 is 30.7 Å². The van der Waals surface area contributed by atoms with Gasteiger partial charge in [0, 0.05) is 75.0 Å². The van der Waals surface area contributed by atoms with Crippen molar-refractivity contribution in [2.24, 2.45) is 5.73 Å². The zero-order chi connectivity index (χ0) is 92.8. The SMILES string of the molecule is C=C(N)c1cnn(CC(=O)N2CCCc3c2cnn3-c2ccc(F)cc2)c1.Fc1ccc(-n2ncc3c2CCCN3)cc1.N#Cc1cnn(CC(=O)N2CCCc3c2cnn3-c2ccc(F)cc2)c1.O=C(Cn1cc(-c2ncon2)cn1)N1CCCc2c1cnn2-c1ccc(F)cc1.O=C(Cn1cc(I)cn1)N1CCCc2c1cnn2-c1ccc(F)cc1.O=C(O)Cn1cc(I)cn1. The maximum atomic E-state index is 13.2. The minimum Gasteiger partial charge on any atom is -0.480 e. The van der Waals surface area contributed by atoms with Gasteiger partial charge < -0.3 is 40.3 Å². The molecule has 5 aliphatic heterocycles. The Kier molecular flexibility index (Phi) is 28.4. The predicted octanol–water partition coefficient (Wildman–Crippen LogP) is 12.1. The number of halogens is 7. The maximum absolute atomic E-state index is 13.2. The van der Waals surface area contributed by atoms with Gasteiger partial charge in [-0.3, -0.25) is 47.4 Å². The molecule has 0 fully saturated rings. The molecule has 678 valence electrons. The van der Waals surface area contributed by atoms with Gasteiger partial charge in [0.25, 0.3) is 0 Å². The molecule has 0 saturated carbocycles. The molecule has 21 rings (SSSR count). The Morgan fingerprint density at radius 1 is 0.414 bits per heavy atom. The van der Waals surface area contributed by atoms with Crippen LogP contribution in [0.1, 0.15) is 71.7 Å². The van der Waals surface area contributed by atoms with Gasteiger partial charge in [-0.15, -0.1) is 0 Å². The van der Waals surface area contributed by atoms with Crippen molar-refractivity contribution in [1.29, 1.82) is 5.26 Å². The fraction of sp³-hybridized carbons (Fsp3) is 0.222.